The first-order valence-electron chi connectivity index (χ1n) is 10.7. The Morgan fingerprint density at radius 1 is 1.03 bits per heavy atom. The predicted octanol–water partition coefficient (Wildman–Crippen LogP) is 3.50. The number of nitrogens with one attached hydrogen (secondary N) is 2. The molecule has 0 bridgehead atoms. The maximum atomic E-state index is 12.1. The highest BCUT2D eigenvalue weighted by molar-refractivity contribution is 6.31. The molecule has 0 atom stereocenters. The molecule has 0 aliphatic carbocycles. The fraction of sp³-hybridized carbons (Fsp3) is 0.375. The standard InChI is InChI=1S/C24H30N4O2/c1-27-13-15-28(16-14-27)12-4-5-17-30-20-10-8-19(9-11-20)25-18-22-21-6-2-3-7-23(21)26-24(22)29/h2-3,6-11,18,25H,4-5,12-17H2,1H3,(H,26,29)/b22-18+. The molecule has 2 aromatic rings. The van der Waals surface area contributed by atoms with Gasteiger partial charge in [0.15, 0.2) is 0 Å². The fourth-order valence-corrected chi connectivity index (χ4v) is 3.78. The summed E-state index contributed by atoms with van der Waals surface area (Å²) in [5.74, 6) is 0.789. The van der Waals surface area contributed by atoms with Crippen LogP contribution >= 0.6 is 0 Å². The zero-order valence-electron chi connectivity index (χ0n) is 17.6. The first kappa shape index (κ1) is 20.4. The molecule has 2 aliphatic heterocycles. The van der Waals surface area contributed by atoms with Crippen molar-refractivity contribution >= 4 is 22.9 Å². The summed E-state index contributed by atoms with van der Waals surface area (Å²) in [6.07, 6.45) is 3.99. The Bertz CT molecular complexity index is 886. The summed E-state index contributed by atoms with van der Waals surface area (Å²) < 4.78 is 5.87. The minimum atomic E-state index is -0.0831. The monoisotopic (exact) mass is 406 g/mol. The minimum absolute atomic E-state index is 0.0831. The van der Waals surface area contributed by atoms with Gasteiger partial charge in [-0.25, -0.2) is 0 Å². The Labute approximate surface area is 178 Å². The first-order valence-corrected chi connectivity index (χ1v) is 10.7. The Kier molecular flexibility index (Phi) is 6.67. The van der Waals surface area contributed by atoms with Crippen LogP contribution in [0, 0.1) is 0 Å². The van der Waals surface area contributed by atoms with E-state index in [4.69, 9.17) is 4.74 Å². The molecule has 2 N–H and O–H groups in total. The van der Waals surface area contributed by atoms with Crippen LogP contribution in [0.15, 0.2) is 54.7 Å². The highest BCUT2D eigenvalue weighted by Gasteiger charge is 2.23. The van der Waals surface area contributed by atoms with Crippen molar-refractivity contribution in [2.75, 3.05) is 57.0 Å². The second kappa shape index (κ2) is 9.78. The third kappa shape index (κ3) is 5.20. The Morgan fingerprint density at radius 3 is 2.60 bits per heavy atom. The fourth-order valence-electron chi connectivity index (χ4n) is 3.78. The zero-order valence-corrected chi connectivity index (χ0v) is 17.6. The summed E-state index contributed by atoms with van der Waals surface area (Å²) in [6, 6.07) is 15.6. The predicted molar refractivity (Wildman–Crippen MR) is 122 cm³/mol. The van der Waals surface area contributed by atoms with Gasteiger partial charge in [-0.15, -0.1) is 0 Å². The number of benzene rings is 2. The molecule has 2 aliphatic rings. The van der Waals surface area contributed by atoms with E-state index in [0.29, 0.717) is 5.57 Å². The van der Waals surface area contributed by atoms with Crippen LogP contribution < -0.4 is 15.4 Å². The second-order valence-electron chi connectivity index (χ2n) is 7.93. The molecule has 2 heterocycles. The number of hydrogen-bond donors (Lipinski definition) is 2. The van der Waals surface area contributed by atoms with Crippen LogP contribution in [-0.4, -0.2) is 62.1 Å². The van der Waals surface area contributed by atoms with Gasteiger partial charge in [0.2, 0.25) is 0 Å². The van der Waals surface area contributed by atoms with E-state index in [-0.39, 0.29) is 5.91 Å². The van der Waals surface area contributed by atoms with Gasteiger partial charge in [0, 0.05) is 49.3 Å². The van der Waals surface area contributed by atoms with Gasteiger partial charge >= 0.3 is 0 Å². The summed E-state index contributed by atoms with van der Waals surface area (Å²) >= 11 is 0. The lowest BCUT2D eigenvalue weighted by atomic mass is 10.1. The van der Waals surface area contributed by atoms with Crippen LogP contribution in [-0.2, 0) is 4.79 Å². The van der Waals surface area contributed by atoms with E-state index < -0.39 is 0 Å². The summed E-state index contributed by atoms with van der Waals surface area (Å²) in [5, 5.41) is 6.09. The largest absolute Gasteiger partial charge is 0.494 e. The van der Waals surface area contributed by atoms with Crippen LogP contribution in [0.1, 0.15) is 18.4 Å². The highest BCUT2D eigenvalue weighted by atomic mass is 16.5. The summed E-state index contributed by atoms with van der Waals surface area (Å²) in [6.45, 7) is 6.59. The van der Waals surface area contributed by atoms with Gasteiger partial charge in [-0.3, -0.25) is 4.79 Å². The molecule has 30 heavy (non-hydrogen) atoms. The molecule has 0 spiro atoms. The van der Waals surface area contributed by atoms with Gasteiger partial charge in [-0.05, 0) is 56.8 Å². The molecular weight excluding hydrogens is 376 g/mol. The quantitative estimate of drug-likeness (QED) is 0.519. The maximum absolute atomic E-state index is 12.1. The number of fused-ring (bicyclic) bond motifs is 1. The molecule has 6 nitrogen and oxygen atoms in total. The van der Waals surface area contributed by atoms with Crippen molar-refractivity contribution in [1.29, 1.82) is 0 Å². The van der Waals surface area contributed by atoms with Gasteiger partial charge in [0.1, 0.15) is 5.75 Å². The van der Waals surface area contributed by atoms with E-state index in [1.165, 1.54) is 32.6 Å². The van der Waals surface area contributed by atoms with Crippen molar-refractivity contribution in [2.45, 2.75) is 12.8 Å². The number of rotatable bonds is 8. The zero-order chi connectivity index (χ0) is 20.8. The lowest BCUT2D eigenvalue weighted by Crippen LogP contribution is -2.44. The van der Waals surface area contributed by atoms with Crippen LogP contribution in [0.2, 0.25) is 0 Å². The van der Waals surface area contributed by atoms with Crippen molar-refractivity contribution in [2.24, 2.45) is 0 Å². The summed E-state index contributed by atoms with van der Waals surface area (Å²) in [4.78, 5) is 17.1. The van der Waals surface area contributed by atoms with Gasteiger partial charge < -0.3 is 25.2 Å². The van der Waals surface area contributed by atoms with Crippen molar-refractivity contribution in [3.05, 3.63) is 60.3 Å². The maximum Gasteiger partial charge on any atom is 0.257 e. The molecule has 0 aromatic heterocycles. The SMILES string of the molecule is CN1CCN(CCCCOc2ccc(N/C=C3/C(=O)Nc4ccccc43)cc2)CC1. The highest BCUT2D eigenvalue weighted by Crippen LogP contribution is 2.31. The molecule has 0 saturated carbocycles. The van der Waals surface area contributed by atoms with E-state index >= 15 is 0 Å². The number of carbonyl (C=O) groups is 1. The third-order valence-corrected chi connectivity index (χ3v) is 5.68. The topological polar surface area (TPSA) is 56.8 Å². The third-order valence-electron chi connectivity index (χ3n) is 5.68. The number of piperazine rings is 1. The molecule has 4 rings (SSSR count). The lowest BCUT2D eigenvalue weighted by molar-refractivity contribution is -0.110. The smallest absolute Gasteiger partial charge is 0.257 e. The van der Waals surface area contributed by atoms with Crippen LogP contribution in [0.3, 0.4) is 0 Å². The number of para-hydroxylation sites is 1. The van der Waals surface area contributed by atoms with Gasteiger partial charge in [0.05, 0.1) is 12.2 Å². The van der Waals surface area contributed by atoms with E-state index in [9.17, 15) is 4.79 Å². The Hall–Kier alpha value is -2.83. The average Bonchev–Trinajstić information content (AvgIpc) is 3.09. The number of hydrogen-bond acceptors (Lipinski definition) is 5. The van der Waals surface area contributed by atoms with Gasteiger partial charge in [0.25, 0.3) is 5.91 Å². The molecular formula is C24H30N4O2. The van der Waals surface area contributed by atoms with Gasteiger partial charge in [-0.2, -0.15) is 0 Å². The molecule has 2 aromatic carbocycles. The number of nitrogens with zero attached hydrogens (tertiary/aromatic N) is 2. The molecule has 0 unspecified atom stereocenters. The summed E-state index contributed by atoms with van der Waals surface area (Å²) in [5.41, 5.74) is 3.34. The average molecular weight is 407 g/mol. The number of likely N-dealkylation sites (N-methyl/N-ethyl adjacent to an activating group) is 1. The van der Waals surface area contributed by atoms with Crippen molar-refractivity contribution in [3.63, 3.8) is 0 Å². The number of ether oxygens (including phenoxy) is 1. The second-order valence-corrected chi connectivity index (χ2v) is 7.93. The number of anilines is 2. The van der Waals surface area contributed by atoms with Crippen LogP contribution in [0.25, 0.3) is 5.57 Å². The molecule has 1 fully saturated rings. The van der Waals surface area contributed by atoms with E-state index in [1.54, 1.807) is 6.20 Å². The Balaban J connectivity index is 1.20. The number of carbonyl (C=O) groups excluding carboxylic acids is 1. The summed E-state index contributed by atoms with van der Waals surface area (Å²) in [7, 11) is 2.19. The lowest BCUT2D eigenvalue weighted by Gasteiger charge is -2.32. The van der Waals surface area contributed by atoms with Crippen molar-refractivity contribution < 1.29 is 9.53 Å². The minimum Gasteiger partial charge on any atom is -0.494 e. The normalized spacial score (nSPS) is 18.3. The van der Waals surface area contributed by atoms with Gasteiger partial charge in [-0.1, -0.05) is 18.2 Å². The molecule has 6 heteroatoms. The number of unbranched alkanes of at least 4 members (excludes halogenated alkanes) is 1. The molecule has 1 amide bonds. The van der Waals surface area contributed by atoms with Crippen molar-refractivity contribution in [3.8, 4) is 5.75 Å². The van der Waals surface area contributed by atoms with Crippen LogP contribution in [0.5, 0.6) is 5.75 Å². The van der Waals surface area contributed by atoms with Crippen LogP contribution in [0.4, 0.5) is 11.4 Å². The van der Waals surface area contributed by atoms with E-state index in [0.717, 1.165) is 42.3 Å². The first-order chi connectivity index (χ1) is 14.7. The van der Waals surface area contributed by atoms with Crippen molar-refractivity contribution in [1.82, 2.24) is 9.80 Å². The van der Waals surface area contributed by atoms with E-state index in [2.05, 4.69) is 27.5 Å². The molecule has 1 saturated heterocycles. The molecule has 0 radical (unpaired) electrons. The van der Waals surface area contributed by atoms with E-state index in [1.807, 2.05) is 48.5 Å². The Morgan fingerprint density at radius 2 is 1.80 bits per heavy atom. The molecule has 158 valence electrons. The number of amides is 1.